The van der Waals surface area contributed by atoms with Gasteiger partial charge in [0.15, 0.2) is 0 Å². The second-order valence-corrected chi connectivity index (χ2v) is 10.6. The van der Waals surface area contributed by atoms with Crippen molar-refractivity contribution >= 4 is 56.0 Å². The van der Waals surface area contributed by atoms with E-state index >= 15 is 0 Å². The van der Waals surface area contributed by atoms with E-state index in [4.69, 9.17) is 4.74 Å². The van der Waals surface area contributed by atoms with Crippen molar-refractivity contribution < 1.29 is 23.1 Å². The van der Waals surface area contributed by atoms with E-state index in [2.05, 4.69) is 27.9 Å². The zero-order valence-corrected chi connectivity index (χ0v) is 19.5. The SMILES string of the molecule is COc1ccc(C(=O)Nc2ccc(S(=O)(=O)N3CCSC[C@@H]3CO)cc2)cc1I. The summed E-state index contributed by atoms with van der Waals surface area (Å²) in [6.45, 7) is 0.161. The molecule has 0 bridgehead atoms. The highest BCUT2D eigenvalue weighted by Gasteiger charge is 2.33. The summed E-state index contributed by atoms with van der Waals surface area (Å²) < 4.78 is 33.2. The Kier molecular flexibility index (Phi) is 7.43. The Balaban J connectivity index is 1.74. The van der Waals surface area contributed by atoms with Crippen molar-refractivity contribution in [1.82, 2.24) is 4.31 Å². The number of hydrogen-bond donors (Lipinski definition) is 2. The van der Waals surface area contributed by atoms with Gasteiger partial charge in [0.05, 0.1) is 28.2 Å². The number of anilines is 1. The van der Waals surface area contributed by atoms with Gasteiger partial charge in [-0.25, -0.2) is 8.42 Å². The fourth-order valence-electron chi connectivity index (χ4n) is 2.96. The molecule has 0 aliphatic carbocycles. The van der Waals surface area contributed by atoms with Crippen LogP contribution in [0.2, 0.25) is 0 Å². The van der Waals surface area contributed by atoms with Crippen molar-refractivity contribution in [2.75, 3.05) is 37.1 Å². The molecular formula is C19H21IN2O5S2. The van der Waals surface area contributed by atoms with Gasteiger partial charge in [-0.2, -0.15) is 16.1 Å². The van der Waals surface area contributed by atoms with Crippen LogP contribution in [0.1, 0.15) is 10.4 Å². The highest BCUT2D eigenvalue weighted by atomic mass is 127. The van der Waals surface area contributed by atoms with Crippen LogP contribution in [-0.4, -0.2) is 61.5 Å². The molecule has 1 saturated heterocycles. The summed E-state index contributed by atoms with van der Waals surface area (Å²) in [5.74, 6) is 1.67. The molecule has 3 rings (SSSR count). The van der Waals surface area contributed by atoms with E-state index in [1.54, 1.807) is 49.2 Å². The van der Waals surface area contributed by atoms with E-state index < -0.39 is 16.1 Å². The highest BCUT2D eigenvalue weighted by Crippen LogP contribution is 2.26. The Hall–Kier alpha value is -1.34. The second-order valence-electron chi connectivity index (χ2n) is 6.35. The summed E-state index contributed by atoms with van der Waals surface area (Å²) in [7, 11) is -2.13. The summed E-state index contributed by atoms with van der Waals surface area (Å²) in [6.07, 6.45) is 0. The standard InChI is InChI=1S/C19H21IN2O5S2/c1-27-18-7-2-13(10-17(18)20)19(24)21-14-3-5-16(6-4-14)29(25,26)22-8-9-28-12-15(22)11-23/h2-7,10,15,23H,8-9,11-12H2,1H3,(H,21,24)/t15-/m0/s1. The Bertz CT molecular complexity index is 983. The van der Waals surface area contributed by atoms with Gasteiger partial charge in [0.25, 0.3) is 5.91 Å². The molecule has 1 fully saturated rings. The molecule has 0 aromatic heterocycles. The summed E-state index contributed by atoms with van der Waals surface area (Å²) in [5.41, 5.74) is 0.969. The molecule has 1 aliphatic heterocycles. The predicted molar refractivity (Wildman–Crippen MR) is 122 cm³/mol. The van der Waals surface area contributed by atoms with Crippen molar-refractivity contribution in [2.24, 2.45) is 0 Å². The van der Waals surface area contributed by atoms with Crippen LogP contribution < -0.4 is 10.1 Å². The molecule has 7 nitrogen and oxygen atoms in total. The number of aliphatic hydroxyl groups excluding tert-OH is 1. The van der Waals surface area contributed by atoms with Crippen LogP contribution in [0.5, 0.6) is 5.75 Å². The van der Waals surface area contributed by atoms with Crippen LogP contribution in [-0.2, 0) is 10.0 Å². The minimum Gasteiger partial charge on any atom is -0.496 e. The fourth-order valence-corrected chi connectivity index (χ4v) is 6.57. The molecule has 156 valence electrons. The second kappa shape index (κ2) is 9.65. The Morgan fingerprint density at radius 3 is 2.66 bits per heavy atom. The van der Waals surface area contributed by atoms with Crippen LogP contribution in [0.3, 0.4) is 0 Å². The maximum absolute atomic E-state index is 12.9. The largest absolute Gasteiger partial charge is 0.496 e. The molecule has 10 heteroatoms. The fraction of sp³-hybridized carbons (Fsp3) is 0.316. The van der Waals surface area contributed by atoms with Crippen LogP contribution in [0, 0.1) is 3.57 Å². The lowest BCUT2D eigenvalue weighted by Crippen LogP contribution is -2.47. The lowest BCUT2D eigenvalue weighted by atomic mass is 10.2. The molecule has 1 amide bonds. The minimum atomic E-state index is -3.70. The number of sulfonamides is 1. The molecule has 29 heavy (non-hydrogen) atoms. The number of nitrogens with one attached hydrogen (secondary N) is 1. The molecule has 1 aliphatic rings. The van der Waals surface area contributed by atoms with E-state index in [0.29, 0.717) is 35.1 Å². The number of nitrogens with zero attached hydrogens (tertiary/aromatic N) is 1. The third-order valence-electron chi connectivity index (χ3n) is 4.52. The summed E-state index contributed by atoms with van der Waals surface area (Å²) in [5, 5.41) is 12.3. The summed E-state index contributed by atoms with van der Waals surface area (Å²) in [4.78, 5) is 12.6. The zero-order valence-electron chi connectivity index (χ0n) is 15.7. The monoisotopic (exact) mass is 548 g/mol. The van der Waals surface area contributed by atoms with Gasteiger partial charge >= 0.3 is 0 Å². The first-order valence-corrected chi connectivity index (χ1v) is 12.5. The number of ether oxygens (including phenoxy) is 1. The van der Waals surface area contributed by atoms with Crippen molar-refractivity contribution in [3.8, 4) is 5.75 Å². The van der Waals surface area contributed by atoms with E-state index in [1.165, 1.54) is 16.4 Å². The third kappa shape index (κ3) is 5.05. The quantitative estimate of drug-likeness (QED) is 0.540. The Morgan fingerprint density at radius 1 is 1.31 bits per heavy atom. The van der Waals surface area contributed by atoms with Gasteiger partial charge in [0.2, 0.25) is 10.0 Å². The summed E-state index contributed by atoms with van der Waals surface area (Å²) in [6, 6.07) is 10.8. The normalized spacial score (nSPS) is 17.7. The van der Waals surface area contributed by atoms with Gasteiger partial charge < -0.3 is 15.2 Å². The lowest BCUT2D eigenvalue weighted by Gasteiger charge is -2.33. The van der Waals surface area contributed by atoms with Gasteiger partial charge in [0, 0.05) is 29.3 Å². The van der Waals surface area contributed by atoms with E-state index in [1.807, 2.05) is 0 Å². The first-order chi connectivity index (χ1) is 13.9. The number of aliphatic hydroxyl groups is 1. The van der Waals surface area contributed by atoms with E-state index in [0.717, 1.165) is 3.57 Å². The van der Waals surface area contributed by atoms with Gasteiger partial charge in [-0.3, -0.25) is 4.79 Å². The van der Waals surface area contributed by atoms with Crippen molar-refractivity contribution in [1.29, 1.82) is 0 Å². The van der Waals surface area contributed by atoms with Crippen molar-refractivity contribution in [3.05, 3.63) is 51.6 Å². The first kappa shape index (κ1) is 22.3. The van der Waals surface area contributed by atoms with Gasteiger partial charge in [0.1, 0.15) is 5.75 Å². The predicted octanol–water partition coefficient (Wildman–Crippen LogP) is 2.65. The Labute approximate surface area is 188 Å². The number of rotatable bonds is 6. The molecule has 2 aromatic carbocycles. The number of carbonyl (C=O) groups excluding carboxylic acids is 1. The van der Waals surface area contributed by atoms with Crippen molar-refractivity contribution in [3.63, 3.8) is 0 Å². The summed E-state index contributed by atoms with van der Waals surface area (Å²) >= 11 is 3.72. The zero-order chi connectivity index (χ0) is 21.0. The maximum Gasteiger partial charge on any atom is 0.255 e. The average Bonchev–Trinajstić information content (AvgIpc) is 2.74. The van der Waals surface area contributed by atoms with Gasteiger partial charge in [-0.05, 0) is 65.1 Å². The molecule has 0 spiro atoms. The molecule has 0 unspecified atom stereocenters. The average molecular weight is 548 g/mol. The highest BCUT2D eigenvalue weighted by molar-refractivity contribution is 14.1. The maximum atomic E-state index is 12.9. The number of benzene rings is 2. The van der Waals surface area contributed by atoms with E-state index in [9.17, 15) is 18.3 Å². The van der Waals surface area contributed by atoms with Crippen molar-refractivity contribution in [2.45, 2.75) is 10.9 Å². The lowest BCUT2D eigenvalue weighted by molar-refractivity contribution is 0.102. The number of carbonyl (C=O) groups is 1. The van der Waals surface area contributed by atoms with Crippen LogP contribution in [0.25, 0.3) is 0 Å². The number of amides is 1. The molecule has 2 aromatic rings. The number of hydrogen-bond acceptors (Lipinski definition) is 6. The molecular weight excluding hydrogens is 527 g/mol. The number of methoxy groups -OCH3 is 1. The number of halogens is 1. The van der Waals surface area contributed by atoms with E-state index in [-0.39, 0.29) is 17.4 Å². The molecule has 0 radical (unpaired) electrons. The van der Waals surface area contributed by atoms with Gasteiger partial charge in [-0.1, -0.05) is 0 Å². The topological polar surface area (TPSA) is 95.9 Å². The Morgan fingerprint density at radius 2 is 2.03 bits per heavy atom. The molecule has 0 saturated carbocycles. The smallest absolute Gasteiger partial charge is 0.255 e. The van der Waals surface area contributed by atoms with Gasteiger partial charge in [-0.15, -0.1) is 0 Å². The molecule has 1 heterocycles. The first-order valence-electron chi connectivity index (χ1n) is 8.82. The molecule has 1 atom stereocenters. The van der Waals surface area contributed by atoms with Crippen LogP contribution >= 0.6 is 34.4 Å². The minimum absolute atomic E-state index is 0.139. The number of thioether (sulfide) groups is 1. The van der Waals surface area contributed by atoms with Crippen LogP contribution in [0.15, 0.2) is 47.4 Å². The molecule has 2 N–H and O–H groups in total. The van der Waals surface area contributed by atoms with Crippen LogP contribution in [0.4, 0.5) is 5.69 Å². The third-order valence-corrected chi connectivity index (χ3v) is 8.42.